The molecule has 0 unspecified atom stereocenters. The van der Waals surface area contributed by atoms with Crippen molar-refractivity contribution in [1.29, 1.82) is 0 Å². The Hall–Kier alpha value is -3.10. The minimum absolute atomic E-state index is 0.155. The number of rotatable bonds is 5. The number of ether oxygens (including phenoxy) is 2. The lowest BCUT2D eigenvalue weighted by Gasteiger charge is -2.14. The molecule has 30 heavy (non-hydrogen) atoms. The Labute approximate surface area is 183 Å². The minimum atomic E-state index is -0.344. The largest absolute Gasteiger partial charge is 0.454 e. The number of thiocarbonyl (C=S) groups is 1. The second kappa shape index (κ2) is 8.73. The smallest absolute Gasteiger partial charge is 0.266 e. The van der Waals surface area contributed by atoms with Gasteiger partial charge in [0, 0.05) is 11.8 Å². The third kappa shape index (κ3) is 4.55. The molecule has 2 aromatic rings. The molecule has 6 nitrogen and oxygen atoms in total. The first-order chi connectivity index (χ1) is 14.5. The highest BCUT2D eigenvalue weighted by atomic mass is 32.2. The summed E-state index contributed by atoms with van der Waals surface area (Å²) in [4.78, 5) is 27.0. The molecule has 8 heteroatoms. The van der Waals surface area contributed by atoms with Gasteiger partial charge in [-0.3, -0.25) is 14.5 Å². The summed E-state index contributed by atoms with van der Waals surface area (Å²) in [5.41, 5.74) is 2.53. The van der Waals surface area contributed by atoms with Crippen molar-refractivity contribution in [2.45, 2.75) is 6.92 Å². The molecule has 0 atom stereocenters. The Morgan fingerprint density at radius 1 is 1.20 bits per heavy atom. The maximum Gasteiger partial charge on any atom is 0.266 e. The summed E-state index contributed by atoms with van der Waals surface area (Å²) in [6.07, 6.45) is 3.78. The van der Waals surface area contributed by atoms with Crippen molar-refractivity contribution in [3.05, 3.63) is 70.6 Å². The molecule has 2 aliphatic rings. The van der Waals surface area contributed by atoms with Gasteiger partial charge < -0.3 is 14.8 Å². The van der Waals surface area contributed by atoms with Crippen molar-refractivity contribution in [3.63, 3.8) is 0 Å². The van der Waals surface area contributed by atoms with Crippen LogP contribution in [0, 0.1) is 0 Å². The summed E-state index contributed by atoms with van der Waals surface area (Å²) in [6, 6.07) is 15.0. The van der Waals surface area contributed by atoms with Crippen LogP contribution in [0.4, 0.5) is 5.69 Å². The number of anilines is 1. The predicted octanol–water partition coefficient (Wildman–Crippen LogP) is 4.20. The van der Waals surface area contributed by atoms with Gasteiger partial charge in [-0.05, 0) is 36.3 Å². The topological polar surface area (TPSA) is 67.9 Å². The highest BCUT2D eigenvalue weighted by Crippen LogP contribution is 2.35. The van der Waals surface area contributed by atoms with E-state index in [-0.39, 0.29) is 25.2 Å². The molecule has 152 valence electrons. The van der Waals surface area contributed by atoms with Gasteiger partial charge in [0.25, 0.3) is 5.91 Å². The summed E-state index contributed by atoms with van der Waals surface area (Å²) in [5.74, 6) is 0.589. The van der Waals surface area contributed by atoms with E-state index in [1.54, 1.807) is 24.3 Å². The van der Waals surface area contributed by atoms with Crippen molar-refractivity contribution in [3.8, 4) is 11.5 Å². The van der Waals surface area contributed by atoms with Crippen LogP contribution < -0.4 is 14.8 Å². The molecular formula is C22H18N2O4S2. The zero-order chi connectivity index (χ0) is 21.1. The first-order valence-corrected chi connectivity index (χ1v) is 10.4. The molecule has 0 bridgehead atoms. The fourth-order valence-electron chi connectivity index (χ4n) is 3.02. The number of nitrogens with one attached hydrogen (secondary N) is 1. The van der Waals surface area contributed by atoms with Crippen molar-refractivity contribution >= 4 is 51.9 Å². The zero-order valence-corrected chi connectivity index (χ0v) is 17.7. The number of hydrogen-bond donors (Lipinski definition) is 1. The van der Waals surface area contributed by atoms with Gasteiger partial charge in [-0.15, -0.1) is 0 Å². The van der Waals surface area contributed by atoms with E-state index in [4.69, 9.17) is 21.7 Å². The summed E-state index contributed by atoms with van der Waals surface area (Å²) in [5, 5.41) is 2.76. The predicted molar refractivity (Wildman–Crippen MR) is 121 cm³/mol. The number of carbonyl (C=O) groups excluding carboxylic acids is 2. The molecule has 2 amide bonds. The average molecular weight is 439 g/mol. The van der Waals surface area contributed by atoms with Gasteiger partial charge in [0.15, 0.2) is 11.5 Å². The van der Waals surface area contributed by atoms with Gasteiger partial charge in [0.1, 0.15) is 10.9 Å². The number of hydrogen-bond acceptors (Lipinski definition) is 6. The summed E-state index contributed by atoms with van der Waals surface area (Å²) >= 11 is 6.51. The molecular weight excluding hydrogens is 420 g/mol. The number of fused-ring (bicyclic) bond motifs is 1. The Bertz CT molecular complexity index is 1080. The SMILES string of the molecule is CC(/C=C1\SC(=S)N(CC(=O)Nc2ccc3c(c2)OCO3)C1=O)=C\c1ccccc1. The number of amides is 2. The fraction of sp³-hybridized carbons (Fsp3) is 0.136. The molecule has 4 rings (SSSR count). The van der Waals surface area contributed by atoms with Crippen molar-refractivity contribution in [2.24, 2.45) is 0 Å². The van der Waals surface area contributed by atoms with Gasteiger partial charge in [-0.25, -0.2) is 0 Å². The molecule has 1 saturated heterocycles. The lowest BCUT2D eigenvalue weighted by Crippen LogP contribution is -2.36. The monoisotopic (exact) mass is 438 g/mol. The quantitative estimate of drug-likeness (QED) is 0.557. The van der Waals surface area contributed by atoms with E-state index < -0.39 is 0 Å². The zero-order valence-electron chi connectivity index (χ0n) is 16.1. The molecule has 2 aromatic carbocycles. The lowest BCUT2D eigenvalue weighted by molar-refractivity contribution is -0.126. The van der Waals surface area contributed by atoms with Crippen LogP contribution in [-0.4, -0.2) is 34.4 Å². The number of nitrogens with zero attached hydrogens (tertiary/aromatic N) is 1. The van der Waals surface area contributed by atoms with E-state index in [1.807, 2.05) is 43.3 Å². The van der Waals surface area contributed by atoms with Crippen LogP contribution in [0.15, 0.2) is 65.1 Å². The van der Waals surface area contributed by atoms with Crippen molar-refractivity contribution in [1.82, 2.24) is 4.90 Å². The normalized spacial score (nSPS) is 17.0. The van der Waals surface area contributed by atoms with Gasteiger partial charge in [0.05, 0.1) is 4.91 Å². The van der Waals surface area contributed by atoms with Crippen molar-refractivity contribution in [2.75, 3.05) is 18.7 Å². The van der Waals surface area contributed by atoms with Crippen LogP contribution >= 0.6 is 24.0 Å². The Kier molecular flexibility index (Phi) is 5.87. The van der Waals surface area contributed by atoms with Gasteiger partial charge >= 0.3 is 0 Å². The molecule has 1 N–H and O–H groups in total. The standard InChI is InChI=1S/C22H18N2O4S2/c1-14(9-15-5-3-2-4-6-15)10-19-21(26)24(22(29)30-19)12-20(25)23-16-7-8-17-18(11-16)28-13-27-17/h2-11H,12-13H2,1H3,(H,23,25)/b14-9+,19-10-. The highest BCUT2D eigenvalue weighted by Gasteiger charge is 2.33. The van der Waals surface area contributed by atoms with E-state index in [0.29, 0.717) is 26.4 Å². The molecule has 1 fully saturated rings. The average Bonchev–Trinajstić information content (AvgIpc) is 3.28. The Morgan fingerprint density at radius 2 is 1.97 bits per heavy atom. The Balaban J connectivity index is 1.41. The second-order valence-corrected chi connectivity index (χ2v) is 8.36. The molecule has 0 saturated carbocycles. The molecule has 0 aliphatic carbocycles. The van der Waals surface area contributed by atoms with E-state index in [1.165, 1.54) is 16.7 Å². The van der Waals surface area contributed by atoms with E-state index in [0.717, 1.165) is 11.1 Å². The maximum absolute atomic E-state index is 12.8. The van der Waals surface area contributed by atoms with Crippen LogP contribution in [0.3, 0.4) is 0 Å². The number of benzene rings is 2. The van der Waals surface area contributed by atoms with Gasteiger partial charge in [0.2, 0.25) is 12.7 Å². The van der Waals surface area contributed by atoms with E-state index in [9.17, 15) is 9.59 Å². The second-order valence-electron chi connectivity index (χ2n) is 6.68. The summed E-state index contributed by atoms with van der Waals surface area (Å²) in [7, 11) is 0. The Morgan fingerprint density at radius 3 is 2.77 bits per heavy atom. The van der Waals surface area contributed by atoms with Crippen molar-refractivity contribution < 1.29 is 19.1 Å². The van der Waals surface area contributed by atoms with Crippen LogP contribution in [0.5, 0.6) is 11.5 Å². The lowest BCUT2D eigenvalue weighted by atomic mass is 10.1. The third-order valence-corrected chi connectivity index (χ3v) is 5.76. The maximum atomic E-state index is 12.8. The number of thioether (sulfide) groups is 1. The molecule has 0 spiro atoms. The van der Waals surface area contributed by atoms with Gasteiger partial charge in [-0.1, -0.05) is 60.4 Å². The highest BCUT2D eigenvalue weighted by molar-refractivity contribution is 8.26. The first-order valence-electron chi connectivity index (χ1n) is 9.18. The summed E-state index contributed by atoms with van der Waals surface area (Å²) in [6.45, 7) is 1.93. The van der Waals surface area contributed by atoms with E-state index >= 15 is 0 Å². The van der Waals surface area contributed by atoms with E-state index in [2.05, 4.69) is 5.32 Å². The van der Waals surface area contributed by atoms with Gasteiger partial charge in [-0.2, -0.15) is 0 Å². The minimum Gasteiger partial charge on any atom is -0.454 e. The van der Waals surface area contributed by atoms with Crippen LogP contribution in [-0.2, 0) is 9.59 Å². The molecule has 2 aliphatic heterocycles. The molecule has 0 aromatic heterocycles. The van der Waals surface area contributed by atoms with Crippen LogP contribution in [0.1, 0.15) is 12.5 Å². The molecule has 0 radical (unpaired) electrons. The molecule has 2 heterocycles. The summed E-state index contributed by atoms with van der Waals surface area (Å²) < 4.78 is 10.9. The number of allylic oxidation sites excluding steroid dienone is 2. The van der Waals surface area contributed by atoms with Crippen LogP contribution in [0.2, 0.25) is 0 Å². The fourth-order valence-corrected chi connectivity index (χ4v) is 4.32. The first kappa shape index (κ1) is 20.2. The van der Waals surface area contributed by atoms with Crippen LogP contribution in [0.25, 0.3) is 6.08 Å². The number of carbonyl (C=O) groups is 2. The third-order valence-electron chi connectivity index (χ3n) is 4.38.